The van der Waals surface area contributed by atoms with Crippen LogP contribution in [0.3, 0.4) is 0 Å². The molecule has 1 heterocycles. The number of fused-ring (bicyclic) bond motifs is 3. The molecule has 0 fully saturated rings. The van der Waals surface area contributed by atoms with Crippen molar-refractivity contribution >= 4 is 17.8 Å². The fourth-order valence-electron chi connectivity index (χ4n) is 5.26. The van der Waals surface area contributed by atoms with Gasteiger partial charge in [-0.3, -0.25) is 0 Å². The highest BCUT2D eigenvalue weighted by atomic mass is 16.3. The van der Waals surface area contributed by atoms with Crippen LogP contribution in [0.2, 0.25) is 0 Å². The quantitative estimate of drug-likeness (QED) is 0.355. The molecule has 1 atom stereocenters. The van der Waals surface area contributed by atoms with Crippen LogP contribution in [0.5, 0.6) is 0 Å². The number of benzene rings is 2. The van der Waals surface area contributed by atoms with Crippen LogP contribution in [0.1, 0.15) is 106 Å². The average Bonchev–Trinajstić information content (AvgIpc) is 3.01. The lowest BCUT2D eigenvalue weighted by atomic mass is 9.78. The summed E-state index contributed by atoms with van der Waals surface area (Å²) in [6, 6.07) is 11.2. The van der Waals surface area contributed by atoms with Crippen molar-refractivity contribution in [2.75, 3.05) is 0 Å². The number of hydrogen-bond donors (Lipinski definition) is 2. The fourth-order valence-corrected chi connectivity index (χ4v) is 5.26. The Morgan fingerprint density at radius 2 is 1.53 bits per heavy atom. The predicted octanol–water partition coefficient (Wildman–Crippen LogP) is 10.7. The Hall–Kier alpha value is -3.62. The zero-order valence-electron chi connectivity index (χ0n) is 27.6. The lowest BCUT2D eigenvalue weighted by molar-refractivity contribution is -0.00719. The van der Waals surface area contributed by atoms with Crippen LogP contribution in [-0.4, -0.2) is 10.7 Å². The molecule has 2 aromatic rings. The van der Waals surface area contributed by atoms with Gasteiger partial charge in [0.2, 0.25) is 0 Å². The zero-order chi connectivity index (χ0) is 31.6. The van der Waals surface area contributed by atoms with E-state index in [-0.39, 0.29) is 11.5 Å². The third-order valence-electron chi connectivity index (χ3n) is 8.81. The van der Waals surface area contributed by atoms with Crippen LogP contribution in [0.4, 0.5) is 0 Å². The summed E-state index contributed by atoms with van der Waals surface area (Å²) in [6.45, 7) is 21.8. The van der Waals surface area contributed by atoms with Gasteiger partial charge in [0, 0.05) is 11.1 Å². The third kappa shape index (κ3) is 8.48. The monoisotopic (exact) mass is 575 g/mol. The molecule has 0 saturated heterocycles. The van der Waals surface area contributed by atoms with Crippen LogP contribution in [0.25, 0.3) is 17.8 Å². The number of hydrogen-bond acceptors (Lipinski definition) is 2. The molecule has 1 aliphatic heterocycles. The summed E-state index contributed by atoms with van der Waals surface area (Å²) in [5, 5.41) is 13.4. The molecule has 0 radical (unpaired) electrons. The lowest BCUT2D eigenvalue weighted by Gasteiger charge is -2.34. The first-order valence-electron chi connectivity index (χ1n) is 16.0. The molecule has 0 bridgehead atoms. The second-order valence-corrected chi connectivity index (χ2v) is 12.5. The van der Waals surface area contributed by atoms with Crippen molar-refractivity contribution in [3.63, 3.8) is 0 Å². The molecule has 0 amide bonds. The SMILES string of the molecule is C=C1/C=C\C=C/C/C=C(/c2ccc(C)cc2)NC1c1cc2c(c3c1C=CCC3)CCC=C2.C=CC(C)(C)C(C)(C)O.CC. The van der Waals surface area contributed by atoms with Crippen molar-refractivity contribution in [3.8, 4) is 0 Å². The van der Waals surface area contributed by atoms with E-state index in [9.17, 15) is 5.11 Å². The topological polar surface area (TPSA) is 32.3 Å². The van der Waals surface area contributed by atoms with Crippen molar-refractivity contribution in [1.82, 2.24) is 5.32 Å². The van der Waals surface area contributed by atoms with E-state index in [1.807, 2.05) is 27.7 Å². The third-order valence-corrected chi connectivity index (χ3v) is 8.81. The van der Waals surface area contributed by atoms with Gasteiger partial charge in [-0.15, -0.1) is 6.58 Å². The minimum Gasteiger partial charge on any atom is -0.390 e. The normalized spacial score (nSPS) is 20.3. The highest BCUT2D eigenvalue weighted by Crippen LogP contribution is 2.38. The summed E-state index contributed by atoms with van der Waals surface area (Å²) >= 11 is 0. The van der Waals surface area contributed by atoms with Gasteiger partial charge in [0.25, 0.3) is 0 Å². The molecule has 228 valence electrons. The molecule has 2 aromatic carbocycles. The first-order chi connectivity index (χ1) is 20.5. The predicted molar refractivity (Wildman–Crippen MR) is 190 cm³/mol. The van der Waals surface area contributed by atoms with E-state index >= 15 is 0 Å². The molecule has 5 rings (SSSR count). The fraction of sp³-hybridized carbons (Fsp3) is 0.366. The van der Waals surface area contributed by atoms with Crippen LogP contribution < -0.4 is 5.32 Å². The summed E-state index contributed by atoms with van der Waals surface area (Å²) in [7, 11) is 0. The maximum atomic E-state index is 9.47. The van der Waals surface area contributed by atoms with E-state index in [1.165, 1.54) is 27.8 Å². The highest BCUT2D eigenvalue weighted by Gasteiger charge is 2.31. The highest BCUT2D eigenvalue weighted by molar-refractivity contribution is 5.72. The number of aliphatic hydroxyl groups is 1. The summed E-state index contributed by atoms with van der Waals surface area (Å²) in [5.74, 6) is 0. The second kappa shape index (κ2) is 15.2. The molecule has 2 N–H and O–H groups in total. The number of aryl methyl sites for hydroxylation is 1. The Labute approximate surface area is 262 Å². The molecular formula is C41H53NO. The Balaban J connectivity index is 0.000000397. The first-order valence-corrected chi connectivity index (χ1v) is 16.0. The largest absolute Gasteiger partial charge is 0.390 e. The molecule has 2 nitrogen and oxygen atoms in total. The Morgan fingerprint density at radius 3 is 2.16 bits per heavy atom. The minimum absolute atomic E-state index is 0.0161. The van der Waals surface area contributed by atoms with Crippen molar-refractivity contribution in [2.45, 2.75) is 92.2 Å². The van der Waals surface area contributed by atoms with Gasteiger partial charge in [0.05, 0.1) is 11.6 Å². The van der Waals surface area contributed by atoms with Gasteiger partial charge >= 0.3 is 0 Å². The van der Waals surface area contributed by atoms with E-state index in [0.29, 0.717) is 0 Å². The maximum Gasteiger partial charge on any atom is 0.0768 e. The van der Waals surface area contributed by atoms with Crippen LogP contribution in [0.15, 0.2) is 97.7 Å². The zero-order valence-corrected chi connectivity index (χ0v) is 27.6. The number of nitrogens with one attached hydrogen (secondary N) is 1. The van der Waals surface area contributed by atoms with Crippen molar-refractivity contribution < 1.29 is 5.11 Å². The molecule has 1 unspecified atom stereocenters. The standard InChI is InChI=1S/C31H31N.C8H16O.C2H6/c1-22-17-19-24(20-18-22)30-16-6-4-3-5-11-23(2)31(32-30)29-21-25-12-7-8-13-26(25)27-14-9-10-15-28(27)29;1-6-7(2,3)8(4,5)9;1-2/h3-5,7,10-12,15-21,31-32H,2,6,8-9,13-14H2,1H3;6,9H,1H2,2-5H3;1-2H3/b4-3-,11-5-,30-16-;;. The van der Waals surface area contributed by atoms with E-state index < -0.39 is 5.60 Å². The lowest BCUT2D eigenvalue weighted by Crippen LogP contribution is -2.36. The van der Waals surface area contributed by atoms with Gasteiger partial charge in [-0.1, -0.05) is 125 Å². The van der Waals surface area contributed by atoms with Crippen LogP contribution in [0, 0.1) is 12.3 Å². The van der Waals surface area contributed by atoms with Crippen LogP contribution in [-0.2, 0) is 12.8 Å². The van der Waals surface area contributed by atoms with Crippen LogP contribution >= 0.6 is 0 Å². The van der Waals surface area contributed by atoms with Gasteiger partial charge in [-0.25, -0.2) is 0 Å². The molecule has 0 spiro atoms. The van der Waals surface area contributed by atoms with Gasteiger partial charge < -0.3 is 10.4 Å². The molecule has 2 aliphatic carbocycles. The Kier molecular flexibility index (Phi) is 12.0. The molecule has 3 aliphatic rings. The number of allylic oxidation sites excluding steroid dienone is 6. The smallest absolute Gasteiger partial charge is 0.0768 e. The van der Waals surface area contributed by atoms with Gasteiger partial charge in [-0.05, 0) is 97.9 Å². The van der Waals surface area contributed by atoms with Gasteiger partial charge in [0.1, 0.15) is 0 Å². The van der Waals surface area contributed by atoms with E-state index in [0.717, 1.165) is 43.4 Å². The Bertz CT molecular complexity index is 1420. The average molecular weight is 576 g/mol. The molecule has 43 heavy (non-hydrogen) atoms. The molecule has 0 aromatic heterocycles. The second-order valence-electron chi connectivity index (χ2n) is 12.5. The summed E-state index contributed by atoms with van der Waals surface area (Å²) in [4.78, 5) is 0. The summed E-state index contributed by atoms with van der Waals surface area (Å²) in [6.07, 6.45) is 27.4. The van der Waals surface area contributed by atoms with Crippen molar-refractivity contribution in [3.05, 3.63) is 137 Å². The van der Waals surface area contributed by atoms with E-state index in [1.54, 1.807) is 31.1 Å². The van der Waals surface area contributed by atoms with E-state index in [4.69, 9.17) is 0 Å². The van der Waals surface area contributed by atoms with Gasteiger partial charge in [0.15, 0.2) is 0 Å². The summed E-state index contributed by atoms with van der Waals surface area (Å²) in [5.41, 5.74) is 11.1. The van der Waals surface area contributed by atoms with Crippen molar-refractivity contribution in [1.29, 1.82) is 0 Å². The Morgan fingerprint density at radius 1 is 0.884 bits per heavy atom. The van der Waals surface area contributed by atoms with Crippen molar-refractivity contribution in [2.24, 2.45) is 5.41 Å². The molecule has 2 heteroatoms. The van der Waals surface area contributed by atoms with Gasteiger partial charge in [-0.2, -0.15) is 0 Å². The van der Waals surface area contributed by atoms with E-state index in [2.05, 4.69) is 110 Å². The maximum absolute atomic E-state index is 9.47. The molecular weight excluding hydrogens is 522 g/mol. The number of rotatable bonds is 4. The summed E-state index contributed by atoms with van der Waals surface area (Å²) < 4.78 is 0. The minimum atomic E-state index is -0.672. The molecule has 0 saturated carbocycles. The first kappa shape index (κ1) is 33.9.